The molecule has 0 spiro atoms. The van der Waals surface area contributed by atoms with Gasteiger partial charge in [-0.2, -0.15) is 5.10 Å². The molecule has 0 radical (unpaired) electrons. The zero-order chi connectivity index (χ0) is 7.56. The number of hydrogen-bond acceptors (Lipinski definition) is 3. The normalized spacial score (nSPS) is 25.2. The molecule has 1 heterocycles. The smallest absolute Gasteiger partial charge is 0.111 e. The molecule has 1 aliphatic heterocycles. The molecule has 3 nitrogen and oxygen atoms in total. The number of nitrogens with zero attached hydrogens (tertiary/aromatic N) is 2. The van der Waals surface area contributed by atoms with Crippen molar-refractivity contribution in [3.63, 3.8) is 0 Å². The first-order valence-corrected chi connectivity index (χ1v) is 3.75. The van der Waals surface area contributed by atoms with Crippen molar-refractivity contribution in [1.82, 2.24) is 10.3 Å². The van der Waals surface area contributed by atoms with E-state index in [0.29, 0.717) is 12.1 Å². The Labute approximate surface area is 62.1 Å². The fraction of sp³-hybridized carbons (Fsp3) is 0.857. The second kappa shape index (κ2) is 2.90. The average molecular weight is 141 g/mol. The summed E-state index contributed by atoms with van der Waals surface area (Å²) in [5.41, 5.74) is 2.95. The average Bonchev–Trinajstić information content (AvgIpc) is 1.88. The van der Waals surface area contributed by atoms with E-state index in [4.69, 9.17) is 0 Å². The topological polar surface area (TPSA) is 27.6 Å². The lowest BCUT2D eigenvalue weighted by Gasteiger charge is -2.33. The molecule has 1 N–H and O–H groups in total. The molecule has 0 fully saturated rings. The van der Waals surface area contributed by atoms with Gasteiger partial charge in [0, 0.05) is 12.1 Å². The maximum Gasteiger partial charge on any atom is 0.111 e. The van der Waals surface area contributed by atoms with Crippen molar-refractivity contribution in [2.75, 3.05) is 6.54 Å². The fourth-order valence-electron chi connectivity index (χ4n) is 1.15. The highest BCUT2D eigenvalue weighted by molar-refractivity contribution is 5.56. The van der Waals surface area contributed by atoms with Crippen LogP contribution in [0.1, 0.15) is 20.8 Å². The Morgan fingerprint density at radius 3 is 2.80 bits per heavy atom. The van der Waals surface area contributed by atoms with E-state index in [9.17, 15) is 0 Å². The van der Waals surface area contributed by atoms with Crippen LogP contribution in [0.3, 0.4) is 0 Å². The van der Waals surface area contributed by atoms with Crippen LogP contribution in [0, 0.1) is 0 Å². The third-order valence-electron chi connectivity index (χ3n) is 1.77. The summed E-state index contributed by atoms with van der Waals surface area (Å²) in [6.45, 7) is 7.49. The van der Waals surface area contributed by atoms with E-state index >= 15 is 0 Å². The lowest BCUT2D eigenvalue weighted by atomic mass is 10.2. The minimum Gasteiger partial charge on any atom is -0.354 e. The van der Waals surface area contributed by atoms with Crippen LogP contribution >= 0.6 is 0 Å². The van der Waals surface area contributed by atoms with Gasteiger partial charge < -0.3 is 10.3 Å². The van der Waals surface area contributed by atoms with Gasteiger partial charge in [0.15, 0.2) is 0 Å². The van der Waals surface area contributed by atoms with Crippen molar-refractivity contribution in [2.45, 2.75) is 32.9 Å². The Bertz CT molecular complexity index is 131. The van der Waals surface area contributed by atoms with Gasteiger partial charge >= 0.3 is 0 Å². The predicted molar refractivity (Wildman–Crippen MR) is 42.9 cm³/mol. The van der Waals surface area contributed by atoms with Gasteiger partial charge in [-0.05, 0) is 20.8 Å². The number of hydrazone groups is 1. The number of nitrogens with one attached hydrogen (secondary N) is 1. The van der Waals surface area contributed by atoms with Crippen LogP contribution in [0.4, 0.5) is 0 Å². The van der Waals surface area contributed by atoms with Crippen LogP contribution in [0.5, 0.6) is 0 Å². The minimum absolute atomic E-state index is 0.556. The van der Waals surface area contributed by atoms with Gasteiger partial charge in [0.25, 0.3) is 0 Å². The summed E-state index contributed by atoms with van der Waals surface area (Å²) < 4.78 is 0. The molecule has 0 aromatic carbocycles. The van der Waals surface area contributed by atoms with Gasteiger partial charge in [-0.1, -0.05) is 0 Å². The van der Waals surface area contributed by atoms with Gasteiger partial charge in [-0.3, -0.25) is 0 Å². The zero-order valence-corrected chi connectivity index (χ0v) is 6.83. The molecular weight excluding hydrogens is 126 g/mol. The molecular formula is C7H15N3. The maximum absolute atomic E-state index is 3.98. The Hall–Kier alpha value is -0.730. The van der Waals surface area contributed by atoms with Crippen LogP contribution in [0.15, 0.2) is 5.10 Å². The van der Waals surface area contributed by atoms with E-state index in [-0.39, 0.29) is 0 Å². The van der Waals surface area contributed by atoms with Gasteiger partial charge in [0.05, 0.1) is 6.54 Å². The predicted octanol–water partition coefficient (Wildman–Crippen LogP) is 0.632. The Kier molecular flexibility index (Phi) is 2.14. The molecule has 0 aromatic heterocycles. The number of rotatable bonds is 1. The summed E-state index contributed by atoms with van der Waals surface area (Å²) in [6, 6.07) is 1.12. The summed E-state index contributed by atoms with van der Waals surface area (Å²) in [4.78, 5) is 2.25. The van der Waals surface area contributed by atoms with Crippen molar-refractivity contribution in [3.05, 3.63) is 0 Å². The van der Waals surface area contributed by atoms with Crippen LogP contribution in [0.2, 0.25) is 0 Å². The third-order valence-corrected chi connectivity index (χ3v) is 1.77. The zero-order valence-electron chi connectivity index (χ0n) is 6.83. The highest BCUT2D eigenvalue weighted by Crippen LogP contribution is 2.03. The van der Waals surface area contributed by atoms with Crippen LogP contribution in [0.25, 0.3) is 0 Å². The highest BCUT2D eigenvalue weighted by atomic mass is 15.4. The third kappa shape index (κ3) is 1.40. The maximum atomic E-state index is 3.98. The molecule has 3 heteroatoms. The molecule has 1 atom stereocenters. The Morgan fingerprint density at radius 1 is 1.70 bits per heavy atom. The molecule has 0 amide bonds. The molecule has 0 saturated heterocycles. The molecule has 1 rings (SSSR count). The SMILES string of the molecule is CC(C)N1C=NNCC1C. The first kappa shape index (κ1) is 7.38. The molecule has 0 aliphatic carbocycles. The van der Waals surface area contributed by atoms with Gasteiger partial charge in [0.1, 0.15) is 6.34 Å². The Balaban J connectivity index is 2.55. The molecule has 10 heavy (non-hydrogen) atoms. The van der Waals surface area contributed by atoms with Crippen LogP contribution < -0.4 is 5.43 Å². The first-order chi connectivity index (χ1) is 4.72. The number of hydrogen-bond donors (Lipinski definition) is 1. The van der Waals surface area contributed by atoms with Crippen molar-refractivity contribution in [3.8, 4) is 0 Å². The molecule has 0 saturated carbocycles. The monoisotopic (exact) mass is 141 g/mol. The quantitative estimate of drug-likeness (QED) is 0.580. The molecule has 58 valence electrons. The van der Waals surface area contributed by atoms with Crippen LogP contribution in [-0.4, -0.2) is 29.9 Å². The van der Waals surface area contributed by atoms with Crippen molar-refractivity contribution in [2.24, 2.45) is 5.10 Å². The standard InChI is InChI=1S/C7H15N3/c1-6(2)10-5-9-8-4-7(10)3/h5-8H,4H2,1-3H3. The van der Waals surface area contributed by atoms with E-state index in [1.54, 1.807) is 0 Å². The lowest BCUT2D eigenvalue weighted by Crippen LogP contribution is -2.46. The lowest BCUT2D eigenvalue weighted by molar-refractivity contribution is 0.261. The van der Waals surface area contributed by atoms with Gasteiger partial charge in [-0.25, -0.2) is 0 Å². The summed E-state index contributed by atoms with van der Waals surface area (Å²) in [7, 11) is 0. The first-order valence-electron chi connectivity index (χ1n) is 3.75. The largest absolute Gasteiger partial charge is 0.354 e. The molecule has 1 aliphatic rings. The molecule has 1 unspecified atom stereocenters. The Morgan fingerprint density at radius 2 is 2.40 bits per heavy atom. The van der Waals surface area contributed by atoms with Crippen LogP contribution in [-0.2, 0) is 0 Å². The van der Waals surface area contributed by atoms with Crippen molar-refractivity contribution in [1.29, 1.82) is 0 Å². The van der Waals surface area contributed by atoms with E-state index in [2.05, 4.69) is 36.2 Å². The summed E-state index contributed by atoms with van der Waals surface area (Å²) in [6.07, 6.45) is 1.87. The second-order valence-corrected chi connectivity index (χ2v) is 3.00. The van der Waals surface area contributed by atoms with E-state index in [1.807, 2.05) is 6.34 Å². The highest BCUT2D eigenvalue weighted by Gasteiger charge is 2.15. The minimum atomic E-state index is 0.556. The van der Waals surface area contributed by atoms with Gasteiger partial charge in [0.2, 0.25) is 0 Å². The van der Waals surface area contributed by atoms with Crippen molar-refractivity contribution >= 4 is 6.34 Å². The summed E-state index contributed by atoms with van der Waals surface area (Å²) >= 11 is 0. The van der Waals surface area contributed by atoms with E-state index in [0.717, 1.165) is 6.54 Å². The summed E-state index contributed by atoms with van der Waals surface area (Å²) in [5, 5.41) is 3.98. The summed E-state index contributed by atoms with van der Waals surface area (Å²) in [5.74, 6) is 0. The van der Waals surface area contributed by atoms with Gasteiger partial charge in [-0.15, -0.1) is 0 Å². The second-order valence-electron chi connectivity index (χ2n) is 3.00. The van der Waals surface area contributed by atoms with E-state index in [1.165, 1.54) is 0 Å². The molecule has 0 aromatic rings. The molecule has 0 bridgehead atoms. The van der Waals surface area contributed by atoms with Crippen molar-refractivity contribution < 1.29 is 0 Å². The fourth-order valence-corrected chi connectivity index (χ4v) is 1.15. The van der Waals surface area contributed by atoms with E-state index < -0.39 is 0 Å².